The summed E-state index contributed by atoms with van der Waals surface area (Å²) in [6.07, 6.45) is 7.59. The maximum Gasteiger partial charge on any atom is 2.00 e. The normalized spacial score (nSPS) is 12.3. The van der Waals surface area contributed by atoms with E-state index in [0.29, 0.717) is 0 Å². The van der Waals surface area contributed by atoms with E-state index in [1.54, 1.807) is 0 Å². The van der Waals surface area contributed by atoms with Gasteiger partial charge in [0, 0.05) is 30.2 Å². The molecule has 0 bridgehead atoms. The van der Waals surface area contributed by atoms with E-state index in [9.17, 15) is 0 Å². The van der Waals surface area contributed by atoms with Gasteiger partial charge in [0.1, 0.15) is 0 Å². The van der Waals surface area contributed by atoms with E-state index >= 15 is 0 Å². The van der Waals surface area contributed by atoms with Crippen molar-refractivity contribution >= 4 is 0 Å². The van der Waals surface area contributed by atoms with Gasteiger partial charge in [-0.15, -0.1) is 23.3 Å². The van der Waals surface area contributed by atoms with Crippen molar-refractivity contribution in [1.82, 2.24) is 19.6 Å². The standard InChI is InChI=1S/C55H36N4.Pt/c1-5-17-39(18-6-1)43-33-49(41-21-9-3-10-22-41)53-51(35-43)52-36-44(40-19-7-2-8-20-40)34-50(42-23-11-4-12-24-42)54(52)55(53,45-25-13-27-47(37-45)58-31-15-29-56-58)46-26-14-28-48(38-46)59-32-16-30-57-59;/h1-36H;/q-2;+2. The molecule has 11 rings (SSSR count). The first-order valence-electron chi connectivity index (χ1n) is 19.9. The van der Waals surface area contributed by atoms with Crippen molar-refractivity contribution in [2.45, 2.75) is 5.41 Å². The molecular weight excluding hydrogens is 912 g/mol. The molecule has 1 aliphatic rings. The Labute approximate surface area is 364 Å². The van der Waals surface area contributed by atoms with Crippen LogP contribution in [-0.4, -0.2) is 19.6 Å². The number of fused-ring (bicyclic) bond motifs is 3. The third kappa shape index (κ3) is 6.20. The van der Waals surface area contributed by atoms with E-state index in [0.717, 1.165) is 67.0 Å². The van der Waals surface area contributed by atoms with Crippen LogP contribution in [0.2, 0.25) is 0 Å². The zero-order valence-corrected chi connectivity index (χ0v) is 34.7. The Morgan fingerprint density at radius 2 is 0.717 bits per heavy atom. The largest absolute Gasteiger partial charge is 2.00 e. The smallest absolute Gasteiger partial charge is 0.266 e. The zero-order valence-electron chi connectivity index (χ0n) is 32.4. The summed E-state index contributed by atoms with van der Waals surface area (Å²) in [6, 6.07) is 77.5. The van der Waals surface area contributed by atoms with Crippen LogP contribution in [0.1, 0.15) is 22.3 Å². The number of rotatable bonds is 8. The molecule has 0 spiro atoms. The molecule has 2 heterocycles. The van der Waals surface area contributed by atoms with Crippen LogP contribution in [0.4, 0.5) is 0 Å². The van der Waals surface area contributed by atoms with Crippen LogP contribution >= 0.6 is 0 Å². The van der Waals surface area contributed by atoms with Crippen molar-refractivity contribution in [2.24, 2.45) is 0 Å². The number of hydrogen-bond donors (Lipinski definition) is 0. The molecule has 0 atom stereocenters. The summed E-state index contributed by atoms with van der Waals surface area (Å²) in [5.41, 5.74) is 16.7. The fourth-order valence-corrected chi connectivity index (χ4v) is 9.05. The van der Waals surface area contributed by atoms with E-state index in [1.807, 2.05) is 46.3 Å². The number of hydrogen-bond acceptors (Lipinski definition) is 2. The molecule has 8 aromatic carbocycles. The minimum Gasteiger partial charge on any atom is -0.266 e. The SMILES string of the molecule is [Pt+2].[c-]1c(-n2cccn2)cccc1C1(c2[c-]c(-n3cccn3)ccc2)c2c(-c3ccccc3)cc(-c3ccccc3)cc2-c2cc(-c3ccccc3)cc(-c3ccccc3)c21. The molecule has 286 valence electrons. The second-order valence-electron chi connectivity index (χ2n) is 14.9. The summed E-state index contributed by atoms with van der Waals surface area (Å²) in [4.78, 5) is 0. The van der Waals surface area contributed by atoms with E-state index < -0.39 is 5.41 Å². The predicted molar refractivity (Wildman–Crippen MR) is 237 cm³/mol. The first-order chi connectivity index (χ1) is 29.3. The Kier molecular flexibility index (Phi) is 9.64. The van der Waals surface area contributed by atoms with Gasteiger partial charge >= 0.3 is 21.1 Å². The number of nitrogens with zero attached hydrogens (tertiary/aromatic N) is 4. The van der Waals surface area contributed by atoms with E-state index in [2.05, 4.69) is 204 Å². The average molecular weight is 948 g/mol. The maximum absolute atomic E-state index is 4.67. The molecule has 5 heteroatoms. The zero-order chi connectivity index (χ0) is 39.2. The van der Waals surface area contributed by atoms with Gasteiger partial charge in [-0.2, -0.15) is 46.6 Å². The van der Waals surface area contributed by atoms with Gasteiger partial charge in [0.15, 0.2) is 0 Å². The molecule has 0 saturated heterocycles. The monoisotopic (exact) mass is 947 g/mol. The van der Waals surface area contributed by atoms with Crippen molar-refractivity contribution < 1.29 is 21.1 Å². The molecule has 10 aromatic rings. The Morgan fingerprint density at radius 1 is 0.350 bits per heavy atom. The molecule has 0 fully saturated rings. The Hall–Kier alpha value is -7.13. The van der Waals surface area contributed by atoms with Crippen LogP contribution in [0.25, 0.3) is 67.0 Å². The van der Waals surface area contributed by atoms with Crippen molar-refractivity contribution in [1.29, 1.82) is 0 Å². The van der Waals surface area contributed by atoms with E-state index in [-0.39, 0.29) is 21.1 Å². The summed E-state index contributed by atoms with van der Waals surface area (Å²) in [7, 11) is 0. The second-order valence-corrected chi connectivity index (χ2v) is 14.9. The van der Waals surface area contributed by atoms with Crippen LogP contribution in [-0.2, 0) is 26.5 Å². The van der Waals surface area contributed by atoms with E-state index in [1.165, 1.54) is 22.3 Å². The molecule has 0 unspecified atom stereocenters. The van der Waals surface area contributed by atoms with Gasteiger partial charge in [0.05, 0.1) is 0 Å². The summed E-state index contributed by atoms with van der Waals surface area (Å²) >= 11 is 0. The Balaban J connectivity index is 0.00000433. The minimum atomic E-state index is -0.919. The van der Waals surface area contributed by atoms with Crippen LogP contribution in [0, 0.1) is 12.1 Å². The third-order valence-electron chi connectivity index (χ3n) is 11.6. The quantitative estimate of drug-likeness (QED) is 0.142. The predicted octanol–water partition coefficient (Wildman–Crippen LogP) is 12.7. The van der Waals surface area contributed by atoms with Gasteiger partial charge < -0.3 is 0 Å². The molecule has 0 N–H and O–H groups in total. The van der Waals surface area contributed by atoms with Gasteiger partial charge in [0.25, 0.3) is 0 Å². The fourth-order valence-electron chi connectivity index (χ4n) is 9.05. The minimum absolute atomic E-state index is 0. The van der Waals surface area contributed by atoms with Gasteiger partial charge in [0.2, 0.25) is 0 Å². The molecule has 60 heavy (non-hydrogen) atoms. The topological polar surface area (TPSA) is 35.6 Å². The molecule has 1 aliphatic carbocycles. The second kappa shape index (κ2) is 15.6. The van der Waals surface area contributed by atoms with Crippen LogP contribution in [0.15, 0.2) is 219 Å². The van der Waals surface area contributed by atoms with Gasteiger partial charge in [-0.25, -0.2) is 0 Å². The van der Waals surface area contributed by atoms with Crippen molar-refractivity contribution in [2.75, 3.05) is 0 Å². The van der Waals surface area contributed by atoms with Crippen molar-refractivity contribution in [3.05, 3.63) is 253 Å². The molecule has 4 nitrogen and oxygen atoms in total. The summed E-state index contributed by atoms with van der Waals surface area (Å²) in [5, 5.41) is 9.35. The molecule has 2 aromatic heterocycles. The maximum atomic E-state index is 4.67. The first-order valence-corrected chi connectivity index (χ1v) is 19.9. The summed E-state index contributed by atoms with van der Waals surface area (Å²) < 4.78 is 3.79. The molecular formula is C55H36N4Pt. The van der Waals surface area contributed by atoms with Crippen LogP contribution in [0.5, 0.6) is 0 Å². The van der Waals surface area contributed by atoms with Gasteiger partial charge in [-0.05, 0) is 115 Å². The fraction of sp³-hybridized carbons (Fsp3) is 0.0182. The summed E-state index contributed by atoms with van der Waals surface area (Å²) in [5.74, 6) is 0. The molecule has 0 radical (unpaired) electrons. The van der Waals surface area contributed by atoms with Crippen molar-refractivity contribution in [3.63, 3.8) is 0 Å². The van der Waals surface area contributed by atoms with Crippen LogP contribution in [0.3, 0.4) is 0 Å². The summed E-state index contributed by atoms with van der Waals surface area (Å²) in [6.45, 7) is 0. The Bertz CT molecular complexity index is 2860. The molecule has 0 amide bonds. The van der Waals surface area contributed by atoms with Gasteiger partial charge in [-0.1, -0.05) is 121 Å². The molecule has 0 aliphatic heterocycles. The van der Waals surface area contributed by atoms with Gasteiger partial charge in [-0.3, -0.25) is 9.36 Å². The first kappa shape index (κ1) is 37.2. The number of benzene rings is 8. The Morgan fingerprint density at radius 3 is 1.08 bits per heavy atom. The third-order valence-corrected chi connectivity index (χ3v) is 11.6. The molecule has 0 saturated carbocycles. The van der Waals surface area contributed by atoms with Crippen molar-refractivity contribution in [3.8, 4) is 67.0 Å². The average Bonchev–Trinajstić information content (AvgIpc) is 4.12. The number of aromatic nitrogens is 4. The van der Waals surface area contributed by atoms with E-state index in [4.69, 9.17) is 0 Å². The van der Waals surface area contributed by atoms with Crippen LogP contribution < -0.4 is 0 Å².